The summed E-state index contributed by atoms with van der Waals surface area (Å²) in [4.78, 5) is 52.2. The van der Waals surface area contributed by atoms with Crippen molar-refractivity contribution in [2.24, 2.45) is 0 Å². The van der Waals surface area contributed by atoms with E-state index in [0.29, 0.717) is 17.0 Å². The van der Waals surface area contributed by atoms with Gasteiger partial charge in [0.25, 0.3) is 5.91 Å². The highest BCUT2D eigenvalue weighted by molar-refractivity contribution is 6.06. The van der Waals surface area contributed by atoms with Gasteiger partial charge >= 0.3 is 18.1 Å². The Balaban J connectivity index is 1.87. The second-order valence-corrected chi connectivity index (χ2v) is 9.44. The maximum atomic E-state index is 13.9. The van der Waals surface area contributed by atoms with Crippen molar-refractivity contribution >= 4 is 40.2 Å². The Morgan fingerprint density at radius 2 is 1.77 bits per heavy atom. The number of hydrogen-bond acceptors (Lipinski definition) is 9. The fourth-order valence-electron chi connectivity index (χ4n) is 4.51. The molecule has 228 valence electrons. The minimum atomic E-state index is -5.35. The number of nitrogens with one attached hydrogen (secondary N) is 2. The van der Waals surface area contributed by atoms with Crippen molar-refractivity contribution < 1.29 is 51.3 Å². The molecular formula is C29H28F3N3O8. The summed E-state index contributed by atoms with van der Waals surface area (Å²) in [6.45, 7) is 1.25. The summed E-state index contributed by atoms with van der Waals surface area (Å²) < 4.78 is 60.3. The first-order valence-electron chi connectivity index (χ1n) is 12.9. The summed E-state index contributed by atoms with van der Waals surface area (Å²) in [5.41, 5.74) is 0.245. The number of hydrogen-bond donors (Lipinski definition) is 2. The van der Waals surface area contributed by atoms with Gasteiger partial charge in [-0.1, -0.05) is 18.2 Å². The van der Waals surface area contributed by atoms with Gasteiger partial charge in [0.2, 0.25) is 5.91 Å². The Kier molecular flexibility index (Phi) is 9.09. The predicted molar refractivity (Wildman–Crippen MR) is 147 cm³/mol. The van der Waals surface area contributed by atoms with Crippen LogP contribution < -0.4 is 29.7 Å². The molecule has 0 bridgehead atoms. The third-order valence-electron chi connectivity index (χ3n) is 6.86. The van der Waals surface area contributed by atoms with Crippen LogP contribution in [0, 0.1) is 0 Å². The molecule has 2 amide bonds. The van der Waals surface area contributed by atoms with Crippen LogP contribution >= 0.6 is 0 Å². The van der Waals surface area contributed by atoms with Crippen LogP contribution in [0.5, 0.6) is 17.2 Å². The van der Waals surface area contributed by atoms with Gasteiger partial charge in [0.05, 0.1) is 32.5 Å². The lowest BCUT2D eigenvalue weighted by molar-refractivity contribution is -0.189. The Morgan fingerprint density at radius 1 is 1.07 bits per heavy atom. The number of para-hydroxylation sites is 2. The molecule has 1 aliphatic heterocycles. The first kappa shape index (κ1) is 31.1. The lowest BCUT2D eigenvalue weighted by atomic mass is 9.98. The third-order valence-corrected chi connectivity index (χ3v) is 6.86. The molecule has 11 nitrogen and oxygen atoms in total. The molecule has 1 aliphatic rings. The summed E-state index contributed by atoms with van der Waals surface area (Å²) >= 11 is 0. The van der Waals surface area contributed by atoms with Crippen LogP contribution in [0.3, 0.4) is 0 Å². The van der Waals surface area contributed by atoms with E-state index in [1.165, 1.54) is 30.2 Å². The fourth-order valence-corrected chi connectivity index (χ4v) is 4.51. The molecule has 0 saturated carbocycles. The van der Waals surface area contributed by atoms with Crippen LogP contribution in [0.15, 0.2) is 48.5 Å². The zero-order valence-electron chi connectivity index (χ0n) is 23.5. The zero-order valence-corrected chi connectivity index (χ0v) is 23.5. The predicted octanol–water partition coefficient (Wildman–Crippen LogP) is 3.12. The number of nitrogens with zero attached hydrogens (tertiary/aromatic N) is 1. The number of benzene rings is 3. The maximum Gasteiger partial charge on any atom is 0.491 e. The molecule has 1 heterocycles. The van der Waals surface area contributed by atoms with Gasteiger partial charge in [0.1, 0.15) is 29.7 Å². The quantitative estimate of drug-likeness (QED) is 0.294. The van der Waals surface area contributed by atoms with E-state index in [-0.39, 0.29) is 29.7 Å². The number of halogens is 3. The number of carbonyl (C=O) groups is 4. The number of alkyl halides is 3. The van der Waals surface area contributed by atoms with E-state index in [4.69, 9.17) is 14.2 Å². The third kappa shape index (κ3) is 6.33. The van der Waals surface area contributed by atoms with Gasteiger partial charge in [-0.3, -0.25) is 9.59 Å². The summed E-state index contributed by atoms with van der Waals surface area (Å²) in [6, 6.07) is 10.3. The van der Waals surface area contributed by atoms with Gasteiger partial charge in [0.15, 0.2) is 5.75 Å². The van der Waals surface area contributed by atoms with Gasteiger partial charge in [0, 0.05) is 10.9 Å². The summed E-state index contributed by atoms with van der Waals surface area (Å²) in [7, 11) is 3.98. The second kappa shape index (κ2) is 12.6. The standard InChI is InChI=1S/C29H28F3N3O8/c1-15(33-2)25(36)34-20-14-42-23-8-6-5-7-21(23)35(26(20)37)13-19-16-9-10-18(27(38)41-4)24(43-28(39)29(30,31)32)17(16)11-12-22(19)40-3/h5-12,15,20,33H,13-14H2,1-4H3,(H,34,36)/t15-,20-/m0/s1. The Hall–Kier alpha value is -4.85. The largest absolute Gasteiger partial charge is 0.496 e. The fraction of sp³-hybridized carbons (Fsp3) is 0.310. The Bertz CT molecular complexity index is 1580. The lowest BCUT2D eigenvalue weighted by Gasteiger charge is -2.27. The molecule has 3 aromatic carbocycles. The van der Waals surface area contributed by atoms with Crippen molar-refractivity contribution in [2.75, 3.05) is 32.8 Å². The van der Waals surface area contributed by atoms with E-state index in [1.807, 2.05) is 0 Å². The number of amides is 2. The lowest BCUT2D eigenvalue weighted by Crippen LogP contribution is -2.53. The van der Waals surface area contributed by atoms with Crippen molar-refractivity contribution in [3.63, 3.8) is 0 Å². The molecular weight excluding hydrogens is 575 g/mol. The Morgan fingerprint density at radius 3 is 2.42 bits per heavy atom. The van der Waals surface area contributed by atoms with Crippen molar-refractivity contribution in [2.45, 2.75) is 31.7 Å². The van der Waals surface area contributed by atoms with Crippen LogP contribution in [0.2, 0.25) is 0 Å². The van der Waals surface area contributed by atoms with Gasteiger partial charge < -0.3 is 34.5 Å². The smallest absolute Gasteiger partial charge is 0.491 e. The molecule has 0 fully saturated rings. The molecule has 3 aromatic rings. The minimum Gasteiger partial charge on any atom is -0.496 e. The van der Waals surface area contributed by atoms with E-state index in [9.17, 15) is 32.3 Å². The topological polar surface area (TPSA) is 132 Å². The Labute approximate surface area is 243 Å². The first-order chi connectivity index (χ1) is 20.4. The summed E-state index contributed by atoms with van der Waals surface area (Å²) in [6.07, 6.45) is -5.35. The van der Waals surface area contributed by atoms with E-state index in [2.05, 4.69) is 15.4 Å². The average molecular weight is 604 g/mol. The highest BCUT2D eigenvalue weighted by Gasteiger charge is 2.42. The van der Waals surface area contributed by atoms with E-state index in [1.54, 1.807) is 38.2 Å². The highest BCUT2D eigenvalue weighted by Crippen LogP contribution is 2.40. The van der Waals surface area contributed by atoms with Gasteiger partial charge in [-0.2, -0.15) is 13.2 Å². The highest BCUT2D eigenvalue weighted by atomic mass is 19.4. The number of likely N-dealkylation sites (N-methyl/N-ethyl adjacent to an activating group) is 1. The van der Waals surface area contributed by atoms with Crippen molar-refractivity contribution in [3.05, 3.63) is 59.7 Å². The zero-order chi connectivity index (χ0) is 31.5. The van der Waals surface area contributed by atoms with Crippen molar-refractivity contribution in [1.82, 2.24) is 10.6 Å². The maximum absolute atomic E-state index is 13.9. The van der Waals surface area contributed by atoms with Crippen molar-refractivity contribution in [3.8, 4) is 17.2 Å². The summed E-state index contributed by atoms with van der Waals surface area (Å²) in [5.74, 6) is -4.63. The number of anilines is 1. The second-order valence-electron chi connectivity index (χ2n) is 9.44. The van der Waals surface area contributed by atoms with E-state index in [0.717, 1.165) is 13.2 Å². The van der Waals surface area contributed by atoms with E-state index < -0.39 is 53.3 Å². The molecule has 2 atom stereocenters. The van der Waals surface area contributed by atoms with Crippen LogP contribution in [0.25, 0.3) is 10.8 Å². The van der Waals surface area contributed by atoms with Crippen LogP contribution in [-0.2, 0) is 25.7 Å². The van der Waals surface area contributed by atoms with E-state index >= 15 is 0 Å². The monoisotopic (exact) mass is 603 g/mol. The van der Waals surface area contributed by atoms with Gasteiger partial charge in [-0.15, -0.1) is 0 Å². The SMILES string of the molecule is CN[C@@H](C)C(=O)N[C@H]1COc2ccccc2N(Cc2c(OC)ccc3c(OC(=O)C(F)(F)F)c(C(=O)OC)ccc23)C1=O. The van der Waals surface area contributed by atoms with Crippen LogP contribution in [-0.4, -0.2) is 69.9 Å². The molecule has 2 N–H and O–H groups in total. The number of rotatable bonds is 8. The molecule has 43 heavy (non-hydrogen) atoms. The molecule has 4 rings (SSSR count). The number of carbonyl (C=O) groups excluding carboxylic acids is 4. The minimum absolute atomic E-state index is 0.0456. The number of ether oxygens (including phenoxy) is 4. The van der Waals surface area contributed by atoms with Crippen molar-refractivity contribution in [1.29, 1.82) is 0 Å². The normalized spacial score (nSPS) is 15.6. The molecule has 0 aliphatic carbocycles. The average Bonchev–Trinajstić information content (AvgIpc) is 3.12. The molecule has 0 radical (unpaired) electrons. The van der Waals surface area contributed by atoms with Gasteiger partial charge in [-0.25, -0.2) is 9.59 Å². The number of methoxy groups -OCH3 is 2. The number of fused-ring (bicyclic) bond motifs is 2. The van der Waals surface area contributed by atoms with Gasteiger partial charge in [-0.05, 0) is 49.7 Å². The first-order valence-corrected chi connectivity index (χ1v) is 12.9. The van der Waals surface area contributed by atoms with Crippen LogP contribution in [0.4, 0.5) is 18.9 Å². The summed E-state index contributed by atoms with van der Waals surface area (Å²) in [5, 5.41) is 5.66. The molecule has 0 spiro atoms. The molecule has 0 saturated heterocycles. The molecule has 0 aromatic heterocycles. The van der Waals surface area contributed by atoms with Crippen LogP contribution in [0.1, 0.15) is 22.8 Å². The molecule has 14 heteroatoms. The molecule has 0 unspecified atom stereocenters. The number of esters is 2.